The molecule has 0 saturated carbocycles. The number of amides is 1. The fraction of sp³-hybridized carbons (Fsp3) is 0.400. The molecular weight excluding hydrogens is 296 g/mol. The van der Waals surface area contributed by atoms with Crippen LogP contribution in [0.2, 0.25) is 0 Å². The first kappa shape index (κ1) is 11.4. The molecule has 0 aliphatic heterocycles. The summed E-state index contributed by atoms with van der Waals surface area (Å²) in [4.78, 5) is 25.3. The first-order chi connectivity index (χ1) is 5.40. The van der Waals surface area contributed by atoms with Crippen LogP contribution in [0, 0.1) is 11.3 Å². The van der Waals surface area contributed by atoms with Crippen LogP contribution in [0.15, 0.2) is 0 Å². The van der Waals surface area contributed by atoms with Crippen molar-refractivity contribution in [1.82, 2.24) is 5.48 Å². The molecule has 0 aromatic carbocycles. The van der Waals surface area contributed by atoms with Crippen molar-refractivity contribution in [2.24, 2.45) is 0 Å². The van der Waals surface area contributed by atoms with Gasteiger partial charge in [0.25, 0.3) is 5.91 Å². The Bertz CT molecular complexity index is 246. The van der Waals surface area contributed by atoms with Gasteiger partial charge >= 0.3 is 5.97 Å². The zero-order valence-corrected chi connectivity index (χ0v) is 9.10. The van der Waals surface area contributed by atoms with E-state index in [1.165, 1.54) is 0 Å². The molecule has 0 rings (SSSR count). The molecule has 0 heterocycles. The number of hydrogen-bond donors (Lipinski definition) is 1. The summed E-state index contributed by atoms with van der Waals surface area (Å²) < 4.78 is -1.56. The van der Waals surface area contributed by atoms with Crippen molar-refractivity contribution in [3.8, 4) is 6.07 Å². The summed E-state index contributed by atoms with van der Waals surface area (Å²) in [6.45, 7) is 1.12. The van der Waals surface area contributed by atoms with E-state index in [4.69, 9.17) is 5.26 Å². The van der Waals surface area contributed by atoms with E-state index >= 15 is 0 Å². The molecular formula is C5H4Br2N2O3. The molecule has 0 aliphatic rings. The Morgan fingerprint density at radius 1 is 1.58 bits per heavy atom. The van der Waals surface area contributed by atoms with Crippen LogP contribution >= 0.6 is 31.9 Å². The second-order valence-corrected chi connectivity index (χ2v) is 5.15. The fourth-order valence-electron chi connectivity index (χ4n) is 0.233. The van der Waals surface area contributed by atoms with Crippen LogP contribution in [0.5, 0.6) is 0 Å². The van der Waals surface area contributed by atoms with Crippen LogP contribution in [0.1, 0.15) is 6.92 Å². The minimum Gasteiger partial charge on any atom is -0.341 e. The summed E-state index contributed by atoms with van der Waals surface area (Å²) in [5.41, 5.74) is 1.77. The highest BCUT2D eigenvalue weighted by molar-refractivity contribution is 9.26. The molecule has 0 unspecified atom stereocenters. The summed E-state index contributed by atoms with van der Waals surface area (Å²) >= 11 is 5.50. The predicted molar refractivity (Wildman–Crippen MR) is 46.1 cm³/mol. The van der Waals surface area contributed by atoms with E-state index in [9.17, 15) is 9.59 Å². The SMILES string of the molecule is CC(=O)ONC(=O)C(Br)(Br)C#N. The minimum absolute atomic E-state index is 0.669. The molecule has 1 N–H and O–H groups in total. The van der Waals surface area contributed by atoms with Gasteiger partial charge in [-0.3, -0.25) is 9.59 Å². The number of nitriles is 1. The number of nitrogens with zero attached hydrogens (tertiary/aromatic N) is 1. The molecule has 0 atom stereocenters. The van der Waals surface area contributed by atoms with E-state index in [0.717, 1.165) is 6.92 Å². The quantitative estimate of drug-likeness (QED) is 0.568. The Hall–Kier alpha value is -0.610. The zero-order chi connectivity index (χ0) is 9.78. The van der Waals surface area contributed by atoms with E-state index < -0.39 is 15.1 Å². The monoisotopic (exact) mass is 298 g/mol. The molecule has 7 heteroatoms. The zero-order valence-electron chi connectivity index (χ0n) is 5.93. The maximum Gasteiger partial charge on any atom is 0.329 e. The van der Waals surface area contributed by atoms with Gasteiger partial charge in [0.15, 0.2) is 0 Å². The Morgan fingerprint density at radius 2 is 2.08 bits per heavy atom. The lowest BCUT2D eigenvalue weighted by atomic mass is 10.4. The lowest BCUT2D eigenvalue weighted by molar-refractivity contribution is -0.155. The molecule has 0 spiro atoms. The van der Waals surface area contributed by atoms with Gasteiger partial charge in [0, 0.05) is 6.92 Å². The molecule has 0 fully saturated rings. The average molecular weight is 300 g/mol. The molecule has 12 heavy (non-hydrogen) atoms. The summed E-state index contributed by atoms with van der Waals surface area (Å²) in [6, 6.07) is 1.59. The van der Waals surface area contributed by atoms with E-state index in [1.54, 1.807) is 11.5 Å². The molecule has 0 aliphatic carbocycles. The molecule has 0 bridgehead atoms. The lowest BCUT2D eigenvalue weighted by Crippen LogP contribution is -2.37. The van der Waals surface area contributed by atoms with Crippen LogP contribution in [-0.4, -0.2) is 15.1 Å². The Balaban J connectivity index is 4.07. The van der Waals surface area contributed by atoms with Gasteiger partial charge in [-0.2, -0.15) is 10.7 Å². The number of halogens is 2. The Morgan fingerprint density at radius 3 is 2.42 bits per heavy atom. The first-order valence-electron chi connectivity index (χ1n) is 2.67. The standard InChI is InChI=1S/C5H4Br2N2O3/c1-3(10)12-9-4(11)5(6,7)2-8/h1H3,(H,9,11). The smallest absolute Gasteiger partial charge is 0.329 e. The highest BCUT2D eigenvalue weighted by Gasteiger charge is 2.33. The summed E-state index contributed by atoms with van der Waals surface area (Å²) in [6.07, 6.45) is 0. The van der Waals surface area contributed by atoms with Crippen LogP contribution in [-0.2, 0) is 14.4 Å². The van der Waals surface area contributed by atoms with E-state index in [0.29, 0.717) is 0 Å². The molecule has 0 radical (unpaired) electrons. The van der Waals surface area contributed by atoms with Gasteiger partial charge in [-0.15, -0.1) is 0 Å². The second-order valence-electron chi connectivity index (χ2n) is 1.71. The maximum atomic E-state index is 10.9. The molecule has 0 aromatic heterocycles. The van der Waals surface area contributed by atoms with Crippen molar-refractivity contribution in [2.45, 2.75) is 10.2 Å². The van der Waals surface area contributed by atoms with Crippen LogP contribution in [0.4, 0.5) is 0 Å². The largest absolute Gasteiger partial charge is 0.341 e. The van der Waals surface area contributed by atoms with Gasteiger partial charge in [-0.1, -0.05) is 0 Å². The topological polar surface area (TPSA) is 79.2 Å². The minimum atomic E-state index is -1.56. The lowest BCUT2D eigenvalue weighted by Gasteiger charge is -2.09. The second kappa shape index (κ2) is 4.42. The number of rotatable bonds is 1. The highest BCUT2D eigenvalue weighted by Crippen LogP contribution is 2.24. The van der Waals surface area contributed by atoms with Gasteiger partial charge in [0.1, 0.15) is 6.07 Å². The third kappa shape index (κ3) is 3.69. The molecule has 0 saturated heterocycles. The van der Waals surface area contributed by atoms with Crippen molar-refractivity contribution in [3.05, 3.63) is 0 Å². The van der Waals surface area contributed by atoms with Crippen molar-refractivity contribution in [2.75, 3.05) is 0 Å². The third-order valence-corrected chi connectivity index (χ3v) is 1.79. The fourth-order valence-corrected chi connectivity index (χ4v) is 0.395. The van der Waals surface area contributed by atoms with Gasteiger partial charge in [0.05, 0.1) is 0 Å². The highest BCUT2D eigenvalue weighted by atomic mass is 79.9. The number of hydroxylamine groups is 1. The van der Waals surface area contributed by atoms with Crippen molar-refractivity contribution < 1.29 is 14.4 Å². The first-order valence-corrected chi connectivity index (χ1v) is 4.25. The van der Waals surface area contributed by atoms with Gasteiger partial charge in [0.2, 0.25) is 3.23 Å². The number of carbonyl (C=O) groups is 2. The molecule has 0 aromatic rings. The van der Waals surface area contributed by atoms with E-state index in [2.05, 4.69) is 36.7 Å². The van der Waals surface area contributed by atoms with Crippen LogP contribution in [0.3, 0.4) is 0 Å². The number of alkyl halides is 2. The Kier molecular flexibility index (Phi) is 4.20. The molecule has 1 amide bonds. The predicted octanol–water partition coefficient (Wildman–Crippen LogP) is 0.590. The number of carbonyl (C=O) groups excluding carboxylic acids is 2. The van der Waals surface area contributed by atoms with Gasteiger partial charge in [-0.05, 0) is 31.9 Å². The van der Waals surface area contributed by atoms with E-state index in [1.807, 2.05) is 0 Å². The maximum absolute atomic E-state index is 10.9. The summed E-state index contributed by atoms with van der Waals surface area (Å²) in [7, 11) is 0. The van der Waals surface area contributed by atoms with Crippen molar-refractivity contribution >= 4 is 43.7 Å². The van der Waals surface area contributed by atoms with Crippen molar-refractivity contribution in [1.29, 1.82) is 5.26 Å². The van der Waals surface area contributed by atoms with Crippen molar-refractivity contribution in [3.63, 3.8) is 0 Å². The van der Waals surface area contributed by atoms with Gasteiger partial charge in [-0.25, -0.2) is 0 Å². The summed E-state index contributed by atoms with van der Waals surface area (Å²) in [5.74, 6) is -1.47. The average Bonchev–Trinajstić information content (AvgIpc) is 2.00. The number of hydrogen-bond acceptors (Lipinski definition) is 4. The van der Waals surface area contributed by atoms with E-state index in [-0.39, 0.29) is 0 Å². The van der Waals surface area contributed by atoms with Crippen LogP contribution < -0.4 is 5.48 Å². The Labute approximate surface area is 85.3 Å². The molecule has 5 nitrogen and oxygen atoms in total. The third-order valence-electron chi connectivity index (χ3n) is 0.713. The molecule has 66 valence electrons. The summed E-state index contributed by atoms with van der Waals surface area (Å²) in [5, 5.41) is 8.38. The van der Waals surface area contributed by atoms with Crippen LogP contribution in [0.25, 0.3) is 0 Å². The van der Waals surface area contributed by atoms with Gasteiger partial charge < -0.3 is 4.84 Å². The number of nitrogens with one attached hydrogen (secondary N) is 1. The normalized spacial score (nSPS) is 9.83.